The molecule has 0 aliphatic carbocycles. The van der Waals surface area contributed by atoms with Crippen LogP contribution in [0.3, 0.4) is 0 Å². The van der Waals surface area contributed by atoms with Crippen molar-refractivity contribution in [1.82, 2.24) is 9.58 Å². The molecule has 2 aromatic carbocycles. The molecule has 3 aliphatic rings. The van der Waals surface area contributed by atoms with Crippen LogP contribution in [0, 0.1) is 17.0 Å². The smallest absolute Gasteiger partial charge is 0.433 e. The number of amides is 1. The van der Waals surface area contributed by atoms with Crippen LogP contribution < -0.4 is 15.2 Å². The van der Waals surface area contributed by atoms with Gasteiger partial charge in [0.2, 0.25) is 11.2 Å². The number of ether oxygens (including phenoxy) is 3. The number of halogens is 2. The molecular formula is C30H29F2N3O6S. The Morgan fingerprint density at radius 3 is 2.67 bits per heavy atom. The Bertz CT molecular complexity index is 1640. The number of fused-ring (bicyclic) bond motifs is 4. The fourth-order valence-corrected chi connectivity index (χ4v) is 6.57. The third kappa shape index (κ3) is 4.92. The summed E-state index contributed by atoms with van der Waals surface area (Å²) in [7, 11) is 0. The summed E-state index contributed by atoms with van der Waals surface area (Å²) in [5.41, 5.74) is 0.286. The number of aromatic nitrogens is 1. The first-order chi connectivity index (χ1) is 20.0. The molecule has 1 fully saturated rings. The Morgan fingerprint density at radius 1 is 1.10 bits per heavy atom. The minimum atomic E-state index is -1.11. The third-order valence-electron chi connectivity index (χ3n) is 7.34. The molecule has 1 amide bonds. The van der Waals surface area contributed by atoms with E-state index in [0.29, 0.717) is 5.56 Å². The lowest BCUT2D eigenvalue weighted by atomic mass is 9.93. The average Bonchev–Trinajstić information content (AvgIpc) is 3.13. The molecule has 220 valence electrons. The van der Waals surface area contributed by atoms with E-state index in [0.717, 1.165) is 16.5 Å². The molecule has 1 aromatic heterocycles. The number of carbonyl (C=O) groups excluding carboxylic acids is 2. The molecule has 0 spiro atoms. The fraction of sp³-hybridized carbons (Fsp3) is 0.367. The van der Waals surface area contributed by atoms with Gasteiger partial charge in [-0.2, -0.15) is 0 Å². The number of thioether (sulfide) groups is 1. The third-order valence-corrected chi connectivity index (χ3v) is 8.46. The van der Waals surface area contributed by atoms with E-state index in [-0.39, 0.29) is 48.8 Å². The van der Waals surface area contributed by atoms with Crippen LogP contribution in [-0.2, 0) is 15.2 Å². The largest absolute Gasteiger partial charge is 0.514 e. The van der Waals surface area contributed by atoms with Gasteiger partial charge in [0.25, 0.3) is 5.91 Å². The van der Waals surface area contributed by atoms with Gasteiger partial charge < -0.3 is 19.1 Å². The highest BCUT2D eigenvalue weighted by Gasteiger charge is 2.46. The highest BCUT2D eigenvalue weighted by atomic mass is 32.2. The van der Waals surface area contributed by atoms with Gasteiger partial charge in [0.15, 0.2) is 17.3 Å². The van der Waals surface area contributed by atoms with Gasteiger partial charge in [-0.3, -0.25) is 19.3 Å². The van der Waals surface area contributed by atoms with Crippen LogP contribution in [0.15, 0.2) is 58.4 Å². The van der Waals surface area contributed by atoms with Crippen molar-refractivity contribution in [1.29, 1.82) is 0 Å². The van der Waals surface area contributed by atoms with Crippen LogP contribution in [0.1, 0.15) is 54.0 Å². The predicted molar refractivity (Wildman–Crippen MR) is 150 cm³/mol. The van der Waals surface area contributed by atoms with Gasteiger partial charge in [-0.05, 0) is 28.7 Å². The molecule has 9 nitrogen and oxygen atoms in total. The second-order valence-corrected chi connectivity index (χ2v) is 12.5. The highest BCUT2D eigenvalue weighted by Crippen LogP contribution is 2.45. The fourth-order valence-electron chi connectivity index (χ4n) is 5.46. The lowest BCUT2D eigenvalue weighted by Gasteiger charge is -2.51. The van der Waals surface area contributed by atoms with Crippen LogP contribution in [0.5, 0.6) is 5.75 Å². The van der Waals surface area contributed by atoms with Crippen molar-refractivity contribution in [2.45, 2.75) is 43.6 Å². The summed E-state index contributed by atoms with van der Waals surface area (Å²) in [6.07, 6.45) is -0.364. The second kappa shape index (κ2) is 10.7. The van der Waals surface area contributed by atoms with Crippen molar-refractivity contribution in [2.75, 3.05) is 31.4 Å². The normalized spacial score (nSPS) is 19.7. The van der Waals surface area contributed by atoms with Gasteiger partial charge in [0.05, 0.1) is 25.9 Å². The summed E-state index contributed by atoms with van der Waals surface area (Å²) in [4.78, 5) is 42.1. The summed E-state index contributed by atoms with van der Waals surface area (Å²) >= 11 is 1.39. The maximum Gasteiger partial charge on any atom is 0.514 e. The summed E-state index contributed by atoms with van der Waals surface area (Å²) < 4.78 is 47.7. The van der Waals surface area contributed by atoms with E-state index in [1.165, 1.54) is 28.7 Å². The number of rotatable bonds is 3. The van der Waals surface area contributed by atoms with Gasteiger partial charge in [-0.1, -0.05) is 45.0 Å². The van der Waals surface area contributed by atoms with E-state index in [4.69, 9.17) is 14.2 Å². The molecule has 0 bridgehead atoms. The van der Waals surface area contributed by atoms with Crippen molar-refractivity contribution >= 4 is 23.8 Å². The predicted octanol–water partition coefficient (Wildman–Crippen LogP) is 4.83. The summed E-state index contributed by atoms with van der Waals surface area (Å²) in [6, 6.07) is 10.6. The minimum absolute atomic E-state index is 0.0310. The van der Waals surface area contributed by atoms with Gasteiger partial charge in [0.1, 0.15) is 6.17 Å². The topological polar surface area (TPSA) is 90.3 Å². The first-order valence-corrected chi connectivity index (χ1v) is 14.5. The quantitative estimate of drug-likeness (QED) is 0.397. The summed E-state index contributed by atoms with van der Waals surface area (Å²) in [5, 5.41) is 1.81. The summed E-state index contributed by atoms with van der Waals surface area (Å²) in [6.45, 7) is 6.21. The van der Waals surface area contributed by atoms with Gasteiger partial charge in [-0.25, -0.2) is 13.6 Å². The first kappa shape index (κ1) is 28.2. The number of pyridine rings is 1. The van der Waals surface area contributed by atoms with E-state index >= 15 is 4.39 Å². The average molecular weight is 598 g/mol. The van der Waals surface area contributed by atoms with Crippen molar-refractivity contribution in [3.63, 3.8) is 0 Å². The number of morpholine rings is 1. The van der Waals surface area contributed by atoms with E-state index in [1.54, 1.807) is 11.0 Å². The van der Waals surface area contributed by atoms with E-state index < -0.39 is 47.1 Å². The second-order valence-electron chi connectivity index (χ2n) is 11.5. The van der Waals surface area contributed by atoms with E-state index in [2.05, 4.69) is 0 Å². The van der Waals surface area contributed by atoms with Crippen LogP contribution in [0.2, 0.25) is 0 Å². The van der Waals surface area contributed by atoms with Gasteiger partial charge >= 0.3 is 6.16 Å². The molecule has 3 aromatic rings. The van der Waals surface area contributed by atoms with Crippen LogP contribution in [0.4, 0.5) is 13.6 Å². The van der Waals surface area contributed by atoms with E-state index in [9.17, 15) is 18.8 Å². The maximum atomic E-state index is 15.3. The highest BCUT2D eigenvalue weighted by molar-refractivity contribution is 7.98. The Labute approximate surface area is 244 Å². The standard InChI is InChI=1S/C30H29F2N3O6S/c1-30(2,3)16-40-29(38)41-27-21(36)10-11-34-26(27)28(37)33-12-13-39-14-23(33)35(34)25-17-8-9-20(31)24(32)19(17)15-42-22-7-5-4-6-18(22)25/h4-11,23,25H,12-16H2,1-3H3/t23-,25+/m1/s1. The lowest BCUT2D eigenvalue weighted by molar-refractivity contribution is -0.0199. The molecule has 1 saturated heterocycles. The van der Waals surface area contributed by atoms with Crippen LogP contribution in [-0.4, -0.2) is 54.2 Å². The zero-order chi connectivity index (χ0) is 29.8. The number of nitrogens with zero attached hydrogens (tertiary/aromatic N) is 3. The zero-order valence-electron chi connectivity index (χ0n) is 23.3. The molecule has 0 N–H and O–H groups in total. The van der Waals surface area contributed by atoms with Crippen molar-refractivity contribution < 1.29 is 32.6 Å². The van der Waals surface area contributed by atoms with Crippen LogP contribution in [0.25, 0.3) is 0 Å². The molecular weight excluding hydrogens is 568 g/mol. The Balaban J connectivity index is 1.56. The SMILES string of the molecule is CC(C)(C)COC(=O)Oc1c2n(ccc1=O)N([C@@H]1c3ccccc3SCc3c1ccc(F)c3F)[C@@H]1COCCN1C2=O. The Morgan fingerprint density at radius 2 is 1.88 bits per heavy atom. The van der Waals surface area contributed by atoms with Gasteiger partial charge in [0, 0.05) is 35.0 Å². The number of carbonyl (C=O) groups is 2. The van der Waals surface area contributed by atoms with Crippen LogP contribution >= 0.6 is 11.8 Å². The Kier molecular flexibility index (Phi) is 7.22. The number of benzene rings is 2. The number of hydrogen-bond acceptors (Lipinski definition) is 8. The summed E-state index contributed by atoms with van der Waals surface area (Å²) in [5.74, 6) is -2.71. The molecule has 6 rings (SSSR count). The molecule has 12 heteroatoms. The molecule has 0 saturated carbocycles. The zero-order valence-corrected chi connectivity index (χ0v) is 24.1. The van der Waals surface area contributed by atoms with Crippen molar-refractivity contribution in [3.05, 3.63) is 92.9 Å². The lowest BCUT2D eigenvalue weighted by Crippen LogP contribution is -2.66. The van der Waals surface area contributed by atoms with Crippen molar-refractivity contribution in [2.24, 2.45) is 5.41 Å². The maximum absolute atomic E-state index is 15.3. The van der Waals surface area contributed by atoms with E-state index in [1.807, 2.05) is 50.0 Å². The molecule has 0 unspecified atom stereocenters. The Hall–Kier alpha value is -3.90. The van der Waals surface area contributed by atoms with Crippen molar-refractivity contribution in [3.8, 4) is 5.75 Å². The molecule has 3 aliphatic heterocycles. The molecule has 4 heterocycles. The monoisotopic (exact) mass is 597 g/mol. The number of hydrogen-bond donors (Lipinski definition) is 0. The molecule has 0 radical (unpaired) electrons. The first-order valence-electron chi connectivity index (χ1n) is 13.5. The van der Waals surface area contributed by atoms with Gasteiger partial charge in [-0.15, -0.1) is 11.8 Å². The molecule has 2 atom stereocenters. The molecule has 42 heavy (non-hydrogen) atoms. The minimum Gasteiger partial charge on any atom is -0.433 e.